The van der Waals surface area contributed by atoms with E-state index in [1.54, 1.807) is 0 Å². The smallest absolute Gasteiger partial charge is 0.181 e. The van der Waals surface area contributed by atoms with Crippen LogP contribution in [-0.4, -0.2) is 12.0 Å². The Kier molecular flexibility index (Phi) is 4.43. The maximum absolute atomic E-state index is 8.31. The topological polar surface area (TPSA) is 45.1 Å². The molecule has 0 unspecified atom stereocenters. The molecule has 3 nitrogen and oxygen atoms in total. The van der Waals surface area contributed by atoms with Gasteiger partial charge in [-0.05, 0) is 78.6 Å². The lowest BCUT2D eigenvalue weighted by molar-refractivity contribution is 0.145. The first-order valence-corrected chi connectivity index (χ1v) is 11.1. The van der Waals surface area contributed by atoms with Gasteiger partial charge in [0, 0.05) is 29.0 Å². The fourth-order valence-electron chi connectivity index (χ4n) is 5.98. The second-order valence-electron chi connectivity index (χ2n) is 9.62. The molecular formula is C27H30N2O. The van der Waals surface area contributed by atoms with E-state index in [1.165, 1.54) is 27.9 Å². The largest absolute Gasteiger partial charge is 0.478 e. The van der Waals surface area contributed by atoms with Crippen LogP contribution in [0.4, 0.5) is 5.69 Å². The molecule has 4 atom stereocenters. The Bertz CT molecular complexity index is 1060. The number of anilines is 1. The summed E-state index contributed by atoms with van der Waals surface area (Å²) >= 11 is 0. The van der Waals surface area contributed by atoms with Crippen LogP contribution in [0.3, 0.4) is 0 Å². The number of fused-ring (bicyclic) bond motifs is 2. The van der Waals surface area contributed by atoms with Gasteiger partial charge in [-0.3, -0.25) is 5.41 Å². The van der Waals surface area contributed by atoms with Gasteiger partial charge >= 0.3 is 0 Å². The van der Waals surface area contributed by atoms with Crippen LogP contribution in [0.5, 0.6) is 0 Å². The summed E-state index contributed by atoms with van der Waals surface area (Å²) < 4.78 is 5.78. The molecule has 1 aliphatic heterocycles. The number of terminal acetylenes is 1. The fraction of sp³-hybridized carbons (Fsp3) is 0.444. The number of nitrogens with one attached hydrogen (secondary N) is 2. The Hall–Kier alpha value is -2.73. The van der Waals surface area contributed by atoms with Gasteiger partial charge in [-0.1, -0.05) is 31.9 Å². The van der Waals surface area contributed by atoms with E-state index in [1.807, 2.05) is 6.07 Å². The molecule has 3 heteroatoms. The van der Waals surface area contributed by atoms with Gasteiger partial charge in [-0.25, -0.2) is 0 Å². The molecule has 2 N–H and O–H groups in total. The van der Waals surface area contributed by atoms with Gasteiger partial charge in [0.05, 0.1) is 6.04 Å². The van der Waals surface area contributed by atoms with Crippen molar-refractivity contribution in [3.8, 4) is 12.3 Å². The highest BCUT2D eigenvalue weighted by molar-refractivity contribution is 5.77. The van der Waals surface area contributed by atoms with Gasteiger partial charge < -0.3 is 10.1 Å². The Morgan fingerprint density at radius 2 is 2.07 bits per heavy atom. The first-order chi connectivity index (χ1) is 14.4. The van der Waals surface area contributed by atoms with Crippen molar-refractivity contribution in [3.05, 3.63) is 64.2 Å². The van der Waals surface area contributed by atoms with Gasteiger partial charge in [-0.2, -0.15) is 0 Å². The van der Waals surface area contributed by atoms with E-state index in [9.17, 15) is 0 Å². The zero-order chi connectivity index (χ0) is 21.0. The van der Waals surface area contributed by atoms with Crippen molar-refractivity contribution in [1.29, 1.82) is 5.41 Å². The van der Waals surface area contributed by atoms with Crippen LogP contribution in [-0.2, 0) is 16.6 Å². The number of rotatable bonds is 4. The van der Waals surface area contributed by atoms with Gasteiger partial charge in [0.1, 0.15) is 6.10 Å². The van der Waals surface area contributed by atoms with Crippen molar-refractivity contribution in [2.75, 3.05) is 5.32 Å². The van der Waals surface area contributed by atoms with E-state index < -0.39 is 0 Å². The summed E-state index contributed by atoms with van der Waals surface area (Å²) in [7, 11) is 0. The fourth-order valence-corrected chi connectivity index (χ4v) is 5.98. The third-order valence-corrected chi connectivity index (χ3v) is 7.64. The van der Waals surface area contributed by atoms with E-state index in [0.717, 1.165) is 24.8 Å². The molecule has 1 saturated carbocycles. The van der Waals surface area contributed by atoms with Gasteiger partial charge in [-0.15, -0.1) is 6.42 Å². The number of aryl methyl sites for hydroxylation is 2. The molecular weight excluding hydrogens is 368 g/mol. The Morgan fingerprint density at radius 1 is 1.23 bits per heavy atom. The molecule has 1 saturated heterocycles. The second kappa shape index (κ2) is 6.91. The predicted octanol–water partition coefficient (Wildman–Crippen LogP) is 5.76. The molecule has 2 fully saturated rings. The van der Waals surface area contributed by atoms with Crippen LogP contribution in [0.1, 0.15) is 67.0 Å². The van der Waals surface area contributed by atoms with E-state index in [4.69, 9.17) is 16.6 Å². The zero-order valence-corrected chi connectivity index (χ0v) is 18.1. The number of ether oxygens (including phenoxy) is 1. The highest BCUT2D eigenvalue weighted by Crippen LogP contribution is 2.59. The molecule has 0 aromatic heterocycles. The Labute approximate surface area is 179 Å². The molecule has 0 spiro atoms. The lowest BCUT2D eigenvalue weighted by Crippen LogP contribution is -2.43. The lowest BCUT2D eigenvalue weighted by atomic mass is 9.64. The van der Waals surface area contributed by atoms with Crippen LogP contribution >= 0.6 is 0 Å². The minimum absolute atomic E-state index is 0.00292. The van der Waals surface area contributed by atoms with Crippen molar-refractivity contribution >= 4 is 11.6 Å². The Balaban J connectivity index is 1.48. The first kappa shape index (κ1) is 19.2. The summed E-state index contributed by atoms with van der Waals surface area (Å²) in [5, 5.41) is 12.1. The highest BCUT2D eigenvalue weighted by Gasteiger charge is 2.60. The number of hydrogen-bond donors (Lipinski definition) is 2. The molecule has 1 heterocycles. The van der Waals surface area contributed by atoms with Crippen LogP contribution in [0.15, 0.2) is 36.4 Å². The van der Waals surface area contributed by atoms with Crippen LogP contribution in [0.25, 0.3) is 0 Å². The van der Waals surface area contributed by atoms with Crippen LogP contribution in [0, 0.1) is 36.5 Å². The second-order valence-corrected chi connectivity index (χ2v) is 9.62. The quantitative estimate of drug-likeness (QED) is 0.644. The first-order valence-electron chi connectivity index (χ1n) is 11.1. The molecule has 0 bridgehead atoms. The maximum atomic E-state index is 8.31. The summed E-state index contributed by atoms with van der Waals surface area (Å²) in [5.41, 5.74) is 7.58. The standard InChI is InChI=1S/C27H30N2O/c1-5-18-7-10-21-19(12-18)8-11-24(21)29-20-9-6-17(4)22(13-20)27(16(2)3)15-26(28)30-25-14-23(25)27/h1,6-7,9-10,12-13,16,23-25,28-29H,8,11,14-15H2,2-4H3/t23-,24-,25+,27-/m0/s1. The highest BCUT2D eigenvalue weighted by atomic mass is 16.5. The zero-order valence-electron chi connectivity index (χ0n) is 18.1. The van der Waals surface area contributed by atoms with E-state index in [-0.39, 0.29) is 11.5 Å². The number of hydrogen-bond acceptors (Lipinski definition) is 3. The minimum Gasteiger partial charge on any atom is -0.478 e. The summed E-state index contributed by atoms with van der Waals surface area (Å²) in [6, 6.07) is 13.5. The van der Waals surface area contributed by atoms with E-state index >= 15 is 0 Å². The van der Waals surface area contributed by atoms with E-state index in [2.05, 4.69) is 62.3 Å². The molecule has 2 aliphatic carbocycles. The number of benzene rings is 2. The maximum Gasteiger partial charge on any atom is 0.181 e. The molecule has 0 radical (unpaired) electrons. The van der Waals surface area contributed by atoms with Crippen molar-refractivity contribution in [2.24, 2.45) is 11.8 Å². The molecule has 154 valence electrons. The molecule has 0 amide bonds. The van der Waals surface area contributed by atoms with Crippen molar-refractivity contribution in [1.82, 2.24) is 0 Å². The summed E-state index contributed by atoms with van der Waals surface area (Å²) in [4.78, 5) is 0. The average Bonchev–Trinajstić information content (AvgIpc) is 3.41. The van der Waals surface area contributed by atoms with Crippen LogP contribution < -0.4 is 5.32 Å². The van der Waals surface area contributed by atoms with Crippen molar-refractivity contribution in [3.63, 3.8) is 0 Å². The third-order valence-electron chi connectivity index (χ3n) is 7.64. The average molecular weight is 399 g/mol. The lowest BCUT2D eigenvalue weighted by Gasteiger charge is -2.42. The SMILES string of the molecule is C#Cc1ccc2c(c1)CC[C@@H]2Nc1ccc(C)c([C@@]2(C(C)C)CC(=N)O[C@@H]3C[C@@H]32)c1. The Morgan fingerprint density at radius 3 is 2.83 bits per heavy atom. The molecule has 2 aromatic carbocycles. The monoisotopic (exact) mass is 398 g/mol. The summed E-state index contributed by atoms with van der Waals surface area (Å²) in [5.74, 6) is 4.18. The van der Waals surface area contributed by atoms with Gasteiger partial charge in [0.2, 0.25) is 0 Å². The predicted molar refractivity (Wildman–Crippen MR) is 122 cm³/mol. The van der Waals surface area contributed by atoms with Crippen LogP contribution in [0.2, 0.25) is 0 Å². The molecule has 2 aromatic rings. The molecule has 5 rings (SSSR count). The van der Waals surface area contributed by atoms with Gasteiger partial charge in [0.15, 0.2) is 5.90 Å². The third kappa shape index (κ3) is 2.93. The van der Waals surface area contributed by atoms with Crippen molar-refractivity contribution in [2.45, 2.75) is 64.0 Å². The van der Waals surface area contributed by atoms with Gasteiger partial charge in [0.25, 0.3) is 0 Å². The molecule has 30 heavy (non-hydrogen) atoms. The molecule has 3 aliphatic rings. The normalized spacial score (nSPS) is 29.0. The van der Waals surface area contributed by atoms with Crippen molar-refractivity contribution < 1.29 is 4.74 Å². The minimum atomic E-state index is -0.00292. The summed E-state index contributed by atoms with van der Waals surface area (Å²) in [6.07, 6.45) is 9.74. The van der Waals surface area contributed by atoms with E-state index in [0.29, 0.717) is 30.2 Å². The summed E-state index contributed by atoms with van der Waals surface area (Å²) in [6.45, 7) is 6.83.